The van der Waals surface area contributed by atoms with Crippen molar-refractivity contribution >= 4 is 42.3 Å². The summed E-state index contributed by atoms with van der Waals surface area (Å²) in [5.74, 6) is 1.22. The predicted molar refractivity (Wildman–Crippen MR) is 113 cm³/mol. The van der Waals surface area contributed by atoms with E-state index in [1.165, 1.54) is 0 Å². The Bertz CT molecular complexity index is 730. The van der Waals surface area contributed by atoms with Crippen LogP contribution >= 0.6 is 36.4 Å². The Hall–Kier alpha value is -1.27. The largest absolute Gasteiger partial charge is 0.441 e. The summed E-state index contributed by atoms with van der Waals surface area (Å²) in [6, 6.07) is 7.47. The summed E-state index contributed by atoms with van der Waals surface area (Å²) in [6.45, 7) is 5.00. The van der Waals surface area contributed by atoms with Crippen molar-refractivity contribution in [3.8, 4) is 11.3 Å². The molecule has 0 bridgehead atoms. The Balaban J connectivity index is 0.00000182. The Kier molecular flexibility index (Phi) is 9.60. The van der Waals surface area contributed by atoms with Crippen LogP contribution in [-0.4, -0.2) is 30.5 Å². The number of rotatable bonds is 6. The monoisotopic (exact) mass is 433 g/mol. The smallest absolute Gasteiger partial charge is 0.220 e. The van der Waals surface area contributed by atoms with Crippen molar-refractivity contribution in [3.05, 3.63) is 41.4 Å². The van der Waals surface area contributed by atoms with Gasteiger partial charge in [0, 0.05) is 24.9 Å². The lowest BCUT2D eigenvalue weighted by Gasteiger charge is -2.34. The normalized spacial score (nSPS) is 15.3. The van der Waals surface area contributed by atoms with Crippen LogP contribution in [0.2, 0.25) is 5.02 Å². The van der Waals surface area contributed by atoms with Gasteiger partial charge in [-0.1, -0.05) is 30.7 Å². The molecule has 0 spiro atoms. The quantitative estimate of drug-likeness (QED) is 0.712. The number of amides is 1. The van der Waals surface area contributed by atoms with Gasteiger partial charge in [0.2, 0.25) is 5.91 Å². The summed E-state index contributed by atoms with van der Waals surface area (Å²) >= 11 is 6.17. The maximum atomic E-state index is 12.1. The Morgan fingerprint density at radius 1 is 1.30 bits per heavy atom. The molecule has 0 atom stereocenters. The fraction of sp³-hybridized carbons (Fsp3) is 0.474. The van der Waals surface area contributed by atoms with Crippen molar-refractivity contribution in [2.75, 3.05) is 19.6 Å². The summed E-state index contributed by atoms with van der Waals surface area (Å²) in [5.41, 5.74) is 1.01. The topological polar surface area (TPSA) is 67.2 Å². The predicted octanol–water partition coefficient (Wildman–Crippen LogP) is 4.28. The molecule has 5 nitrogen and oxygen atoms in total. The van der Waals surface area contributed by atoms with E-state index in [1.807, 2.05) is 24.3 Å². The highest BCUT2D eigenvalue weighted by Crippen LogP contribution is 2.28. The molecule has 3 rings (SSSR count). The van der Waals surface area contributed by atoms with Crippen molar-refractivity contribution in [3.63, 3.8) is 0 Å². The van der Waals surface area contributed by atoms with Crippen LogP contribution in [0.25, 0.3) is 11.3 Å². The number of aryl methyl sites for hydroxylation is 1. The highest BCUT2D eigenvalue weighted by atomic mass is 35.5. The first-order valence-corrected chi connectivity index (χ1v) is 9.11. The number of nitrogens with zero attached hydrogens (tertiary/aromatic N) is 1. The first kappa shape index (κ1) is 23.8. The number of halogens is 3. The molecular weight excluding hydrogens is 409 g/mol. The van der Waals surface area contributed by atoms with E-state index in [2.05, 4.69) is 22.5 Å². The standard InChI is InChI=1S/C19H24ClN3O2.2ClH/c1-19(8-10-21-11-9-19)13-23-17(24)6-7-18-22-12-16(25-18)14-4-2-3-5-15(14)20;;/h2-5,12,21H,6-11,13H2,1H3,(H,23,24);2*1H. The number of carbonyl (C=O) groups is 1. The number of hydrogen-bond donors (Lipinski definition) is 2. The highest BCUT2D eigenvalue weighted by molar-refractivity contribution is 6.33. The minimum atomic E-state index is 0. The van der Waals surface area contributed by atoms with Gasteiger partial charge in [0.1, 0.15) is 0 Å². The van der Waals surface area contributed by atoms with Crippen LogP contribution in [-0.2, 0) is 11.2 Å². The molecule has 0 radical (unpaired) electrons. The van der Waals surface area contributed by atoms with E-state index in [1.54, 1.807) is 6.20 Å². The van der Waals surface area contributed by atoms with Crippen molar-refractivity contribution in [1.82, 2.24) is 15.6 Å². The van der Waals surface area contributed by atoms with Crippen molar-refractivity contribution in [1.29, 1.82) is 0 Å². The number of aromatic nitrogens is 1. The molecule has 1 aliphatic heterocycles. The number of piperidine rings is 1. The van der Waals surface area contributed by atoms with E-state index in [0.29, 0.717) is 29.5 Å². The van der Waals surface area contributed by atoms with E-state index >= 15 is 0 Å². The van der Waals surface area contributed by atoms with Gasteiger partial charge in [-0.15, -0.1) is 24.8 Å². The molecule has 0 aliphatic carbocycles. The van der Waals surface area contributed by atoms with Crippen LogP contribution in [0.15, 0.2) is 34.9 Å². The number of nitrogens with one attached hydrogen (secondary N) is 2. The van der Waals surface area contributed by atoms with Crippen molar-refractivity contribution in [2.45, 2.75) is 32.6 Å². The van der Waals surface area contributed by atoms with Gasteiger partial charge >= 0.3 is 0 Å². The lowest BCUT2D eigenvalue weighted by molar-refractivity contribution is -0.121. The van der Waals surface area contributed by atoms with Crippen LogP contribution in [0.1, 0.15) is 32.1 Å². The van der Waals surface area contributed by atoms with Crippen molar-refractivity contribution < 1.29 is 9.21 Å². The Morgan fingerprint density at radius 2 is 2.00 bits per heavy atom. The third-order valence-corrected chi connectivity index (χ3v) is 5.11. The minimum absolute atomic E-state index is 0. The number of oxazole rings is 1. The molecule has 0 unspecified atom stereocenters. The molecule has 2 N–H and O–H groups in total. The summed E-state index contributed by atoms with van der Waals surface area (Å²) in [6.07, 6.45) is 4.69. The summed E-state index contributed by atoms with van der Waals surface area (Å²) < 4.78 is 5.73. The van der Waals surface area contributed by atoms with Crippen LogP contribution in [0, 0.1) is 5.41 Å². The van der Waals surface area contributed by atoms with Gasteiger partial charge in [0.25, 0.3) is 0 Å². The molecule has 8 heteroatoms. The van der Waals surface area contributed by atoms with E-state index in [0.717, 1.165) is 38.0 Å². The molecular formula is C19H26Cl3N3O2. The third kappa shape index (κ3) is 6.68. The Morgan fingerprint density at radius 3 is 2.70 bits per heavy atom. The molecule has 1 aliphatic rings. The maximum Gasteiger partial charge on any atom is 0.220 e. The van der Waals surface area contributed by atoms with Gasteiger partial charge < -0.3 is 15.1 Å². The molecule has 1 saturated heterocycles. The fourth-order valence-corrected chi connectivity index (χ4v) is 3.27. The van der Waals surface area contributed by atoms with Crippen LogP contribution in [0.4, 0.5) is 0 Å². The second kappa shape index (κ2) is 10.9. The highest BCUT2D eigenvalue weighted by Gasteiger charge is 2.26. The van der Waals surface area contributed by atoms with Gasteiger partial charge in [-0.3, -0.25) is 4.79 Å². The molecule has 1 aromatic carbocycles. The lowest BCUT2D eigenvalue weighted by atomic mass is 9.81. The number of benzene rings is 1. The fourth-order valence-electron chi connectivity index (χ4n) is 3.04. The van der Waals surface area contributed by atoms with Gasteiger partial charge in [-0.25, -0.2) is 4.98 Å². The summed E-state index contributed by atoms with van der Waals surface area (Å²) in [7, 11) is 0. The third-order valence-electron chi connectivity index (χ3n) is 4.78. The average molecular weight is 435 g/mol. The van der Waals surface area contributed by atoms with Gasteiger partial charge in [0.05, 0.1) is 11.2 Å². The van der Waals surface area contributed by atoms with Crippen molar-refractivity contribution in [2.24, 2.45) is 5.41 Å². The molecule has 1 amide bonds. The van der Waals surface area contributed by atoms with Gasteiger partial charge in [-0.05, 0) is 43.5 Å². The maximum absolute atomic E-state index is 12.1. The van der Waals surface area contributed by atoms with Gasteiger partial charge in [0.15, 0.2) is 11.7 Å². The SMILES string of the molecule is CC1(CNC(=O)CCc2ncc(-c3ccccc3Cl)o2)CCNCC1.Cl.Cl. The van der Waals surface area contributed by atoms with E-state index in [-0.39, 0.29) is 36.1 Å². The summed E-state index contributed by atoms with van der Waals surface area (Å²) in [4.78, 5) is 16.4. The van der Waals surface area contributed by atoms with Gasteiger partial charge in [-0.2, -0.15) is 0 Å². The zero-order valence-electron chi connectivity index (χ0n) is 15.3. The molecule has 0 saturated carbocycles. The molecule has 2 heterocycles. The lowest BCUT2D eigenvalue weighted by Crippen LogP contribution is -2.42. The first-order chi connectivity index (χ1) is 12.1. The van der Waals surface area contributed by atoms with Crippen LogP contribution < -0.4 is 10.6 Å². The molecule has 27 heavy (non-hydrogen) atoms. The van der Waals surface area contributed by atoms with Crippen LogP contribution in [0.5, 0.6) is 0 Å². The molecule has 2 aromatic rings. The zero-order chi connectivity index (χ0) is 17.7. The first-order valence-electron chi connectivity index (χ1n) is 8.73. The van der Waals surface area contributed by atoms with E-state index in [9.17, 15) is 4.79 Å². The molecule has 1 aromatic heterocycles. The number of carbonyl (C=O) groups excluding carboxylic acids is 1. The second-order valence-corrected chi connectivity index (χ2v) is 7.34. The van der Waals surface area contributed by atoms with E-state index < -0.39 is 0 Å². The van der Waals surface area contributed by atoms with E-state index in [4.69, 9.17) is 16.0 Å². The van der Waals surface area contributed by atoms with Crippen LogP contribution in [0.3, 0.4) is 0 Å². The molecule has 150 valence electrons. The second-order valence-electron chi connectivity index (χ2n) is 6.94. The minimum Gasteiger partial charge on any atom is -0.441 e. The average Bonchev–Trinajstić information content (AvgIpc) is 3.08. The zero-order valence-corrected chi connectivity index (χ0v) is 17.7. The molecule has 1 fully saturated rings. The number of hydrogen-bond acceptors (Lipinski definition) is 4. The Labute approximate surface area is 177 Å². The summed E-state index contributed by atoms with van der Waals surface area (Å²) in [5, 5.41) is 7.03.